The number of nitrogens with two attached hydrogens (primary N) is 1. The molecule has 0 bridgehead atoms. The topological polar surface area (TPSA) is 43.1 Å². The Morgan fingerprint density at radius 1 is 1.15 bits per heavy atom. The average Bonchev–Trinajstić information content (AvgIpc) is 2.44. The number of carbonyl (C=O) groups excluding carboxylic acids is 1. The van der Waals surface area contributed by atoms with Crippen LogP contribution in [0.5, 0.6) is 0 Å². The molecule has 0 fully saturated rings. The van der Waals surface area contributed by atoms with Crippen molar-refractivity contribution in [3.63, 3.8) is 0 Å². The monoisotopic (exact) mass is 275 g/mol. The maximum atomic E-state index is 12.0. The molecular formula is C18H29NO. The number of Topliss-reactive ketones (excluding diaryl/α,β-unsaturated/α-hetero) is 1. The molecule has 0 saturated carbocycles. The van der Waals surface area contributed by atoms with Crippen molar-refractivity contribution in [2.24, 2.45) is 11.7 Å². The molecule has 0 aliphatic rings. The minimum absolute atomic E-state index is 0.345. The molecule has 2 N–H and O–H groups in total. The number of hydrogen-bond acceptors (Lipinski definition) is 2. The van der Waals surface area contributed by atoms with E-state index in [9.17, 15) is 4.79 Å². The van der Waals surface area contributed by atoms with Gasteiger partial charge in [0.05, 0.1) is 0 Å². The van der Waals surface area contributed by atoms with Crippen molar-refractivity contribution in [2.45, 2.75) is 58.8 Å². The van der Waals surface area contributed by atoms with E-state index in [2.05, 4.69) is 45.0 Å². The van der Waals surface area contributed by atoms with Crippen LogP contribution in [0.2, 0.25) is 0 Å². The van der Waals surface area contributed by atoms with Crippen molar-refractivity contribution >= 4 is 5.78 Å². The summed E-state index contributed by atoms with van der Waals surface area (Å²) in [5.41, 5.74) is 8.05. The minimum atomic E-state index is 0.345. The fraction of sp³-hybridized carbons (Fsp3) is 0.611. The van der Waals surface area contributed by atoms with Crippen LogP contribution in [-0.2, 0) is 11.2 Å². The van der Waals surface area contributed by atoms with Crippen LogP contribution in [0.1, 0.15) is 63.5 Å². The highest BCUT2D eigenvalue weighted by atomic mass is 16.1. The zero-order valence-electron chi connectivity index (χ0n) is 13.2. The first-order chi connectivity index (χ1) is 9.56. The summed E-state index contributed by atoms with van der Waals surface area (Å²) in [6.45, 7) is 7.27. The largest absolute Gasteiger partial charge is 0.330 e. The van der Waals surface area contributed by atoms with Crippen molar-refractivity contribution in [1.29, 1.82) is 0 Å². The number of rotatable bonds is 9. The zero-order chi connectivity index (χ0) is 15.0. The van der Waals surface area contributed by atoms with Gasteiger partial charge in [0, 0.05) is 12.8 Å². The third-order valence-corrected chi connectivity index (χ3v) is 4.03. The summed E-state index contributed by atoms with van der Waals surface area (Å²) in [6, 6.07) is 8.45. The maximum Gasteiger partial charge on any atom is 0.137 e. The van der Waals surface area contributed by atoms with Gasteiger partial charge in [-0.25, -0.2) is 0 Å². The first kappa shape index (κ1) is 16.9. The third kappa shape index (κ3) is 5.87. The third-order valence-electron chi connectivity index (χ3n) is 4.03. The SMILES string of the molecule is CCC(CCN)CCC(=O)Cc1ccc(C(C)C)cc1. The average molecular weight is 275 g/mol. The Morgan fingerprint density at radius 3 is 2.30 bits per heavy atom. The van der Waals surface area contributed by atoms with Gasteiger partial charge < -0.3 is 5.73 Å². The summed E-state index contributed by atoms with van der Waals surface area (Å²) < 4.78 is 0. The van der Waals surface area contributed by atoms with Crippen molar-refractivity contribution in [3.8, 4) is 0 Å². The molecule has 20 heavy (non-hydrogen) atoms. The second-order valence-electron chi connectivity index (χ2n) is 6.00. The summed E-state index contributed by atoms with van der Waals surface area (Å²) in [5.74, 6) is 1.49. The minimum Gasteiger partial charge on any atom is -0.330 e. The van der Waals surface area contributed by atoms with Crippen molar-refractivity contribution in [1.82, 2.24) is 0 Å². The molecule has 1 aromatic rings. The van der Waals surface area contributed by atoms with Gasteiger partial charge in [0.25, 0.3) is 0 Å². The van der Waals surface area contributed by atoms with E-state index in [1.54, 1.807) is 0 Å². The molecule has 0 saturated heterocycles. The molecule has 0 amide bonds. The maximum absolute atomic E-state index is 12.0. The molecule has 1 rings (SSSR count). The van der Waals surface area contributed by atoms with E-state index in [1.165, 1.54) is 5.56 Å². The smallest absolute Gasteiger partial charge is 0.137 e. The number of hydrogen-bond donors (Lipinski definition) is 1. The van der Waals surface area contributed by atoms with Gasteiger partial charge in [0.1, 0.15) is 5.78 Å². The van der Waals surface area contributed by atoms with E-state index in [0.717, 1.165) is 31.4 Å². The molecule has 0 aliphatic carbocycles. The predicted molar refractivity (Wildman–Crippen MR) is 85.9 cm³/mol. The van der Waals surface area contributed by atoms with Gasteiger partial charge in [-0.2, -0.15) is 0 Å². The fourth-order valence-electron chi connectivity index (χ4n) is 2.49. The highest BCUT2D eigenvalue weighted by molar-refractivity contribution is 5.80. The zero-order valence-corrected chi connectivity index (χ0v) is 13.2. The molecule has 2 nitrogen and oxygen atoms in total. The number of benzene rings is 1. The summed E-state index contributed by atoms with van der Waals surface area (Å²) in [4.78, 5) is 12.0. The lowest BCUT2D eigenvalue weighted by Gasteiger charge is -2.12. The molecule has 1 atom stereocenters. The second-order valence-corrected chi connectivity index (χ2v) is 6.00. The lowest BCUT2D eigenvalue weighted by Crippen LogP contribution is -2.11. The van der Waals surface area contributed by atoms with Gasteiger partial charge in [-0.05, 0) is 42.3 Å². The second kappa shape index (κ2) is 8.91. The quantitative estimate of drug-likeness (QED) is 0.738. The summed E-state index contributed by atoms with van der Waals surface area (Å²) in [6.07, 6.45) is 4.39. The van der Waals surface area contributed by atoms with Crippen molar-refractivity contribution in [2.75, 3.05) is 6.54 Å². The van der Waals surface area contributed by atoms with Gasteiger partial charge in [0.2, 0.25) is 0 Å². The first-order valence-corrected chi connectivity index (χ1v) is 7.87. The van der Waals surface area contributed by atoms with E-state index in [-0.39, 0.29) is 0 Å². The van der Waals surface area contributed by atoms with Crippen LogP contribution in [0.25, 0.3) is 0 Å². The highest BCUT2D eigenvalue weighted by Gasteiger charge is 2.10. The molecule has 0 spiro atoms. The van der Waals surface area contributed by atoms with Gasteiger partial charge >= 0.3 is 0 Å². The summed E-state index contributed by atoms with van der Waals surface area (Å²) in [5, 5.41) is 0. The van der Waals surface area contributed by atoms with E-state index in [1.807, 2.05) is 0 Å². The van der Waals surface area contributed by atoms with E-state index in [0.29, 0.717) is 30.5 Å². The van der Waals surface area contributed by atoms with Crippen molar-refractivity contribution in [3.05, 3.63) is 35.4 Å². The normalized spacial score (nSPS) is 12.7. The molecular weight excluding hydrogens is 246 g/mol. The van der Waals surface area contributed by atoms with Crippen LogP contribution >= 0.6 is 0 Å². The molecule has 2 heteroatoms. The van der Waals surface area contributed by atoms with Crippen LogP contribution in [0.15, 0.2) is 24.3 Å². The Labute approximate surface area is 123 Å². The lowest BCUT2D eigenvalue weighted by atomic mass is 9.93. The molecule has 0 radical (unpaired) electrons. The van der Waals surface area contributed by atoms with Crippen LogP contribution in [0, 0.1) is 5.92 Å². The number of carbonyl (C=O) groups is 1. The Hall–Kier alpha value is -1.15. The summed E-state index contributed by atoms with van der Waals surface area (Å²) in [7, 11) is 0. The Bertz CT molecular complexity index is 394. The molecule has 1 unspecified atom stereocenters. The van der Waals surface area contributed by atoms with Crippen LogP contribution in [0.4, 0.5) is 0 Å². The lowest BCUT2D eigenvalue weighted by molar-refractivity contribution is -0.118. The van der Waals surface area contributed by atoms with E-state index in [4.69, 9.17) is 5.73 Å². The fourth-order valence-corrected chi connectivity index (χ4v) is 2.49. The molecule has 0 aliphatic heterocycles. The Kier molecular flexibility index (Phi) is 7.53. The molecule has 1 aromatic carbocycles. The van der Waals surface area contributed by atoms with E-state index >= 15 is 0 Å². The Morgan fingerprint density at radius 2 is 1.80 bits per heavy atom. The highest BCUT2D eigenvalue weighted by Crippen LogP contribution is 2.17. The van der Waals surface area contributed by atoms with Crippen LogP contribution in [0.3, 0.4) is 0 Å². The van der Waals surface area contributed by atoms with Crippen LogP contribution < -0.4 is 5.73 Å². The molecule has 112 valence electrons. The predicted octanol–water partition coefficient (Wildman–Crippen LogP) is 4.08. The number of ketones is 1. The van der Waals surface area contributed by atoms with Gasteiger partial charge in [-0.1, -0.05) is 51.5 Å². The van der Waals surface area contributed by atoms with Crippen LogP contribution in [-0.4, -0.2) is 12.3 Å². The van der Waals surface area contributed by atoms with Crippen molar-refractivity contribution < 1.29 is 4.79 Å². The summed E-state index contributed by atoms with van der Waals surface area (Å²) >= 11 is 0. The van der Waals surface area contributed by atoms with Gasteiger partial charge in [-0.15, -0.1) is 0 Å². The van der Waals surface area contributed by atoms with Gasteiger partial charge in [-0.3, -0.25) is 4.79 Å². The van der Waals surface area contributed by atoms with E-state index < -0.39 is 0 Å². The molecule has 0 aromatic heterocycles. The first-order valence-electron chi connectivity index (χ1n) is 7.87. The molecule has 0 heterocycles. The standard InChI is InChI=1S/C18H29NO/c1-4-15(11-12-19)7-10-18(20)13-16-5-8-17(9-6-16)14(2)3/h5-6,8-9,14-15H,4,7,10-13,19H2,1-3H3. The Balaban J connectivity index is 2.42. The van der Waals surface area contributed by atoms with Gasteiger partial charge in [0.15, 0.2) is 0 Å².